The number of para-hydroxylation sites is 1. The van der Waals surface area contributed by atoms with Crippen LogP contribution in [0.15, 0.2) is 76.3 Å². The number of sulfonamides is 1. The zero-order valence-corrected chi connectivity index (χ0v) is 26.6. The van der Waals surface area contributed by atoms with Gasteiger partial charge in [0.05, 0.1) is 10.2 Å². The smallest absolute Gasteiger partial charge is 0.253 e. The van der Waals surface area contributed by atoms with Gasteiger partial charge in [-0.1, -0.05) is 48.5 Å². The zero-order chi connectivity index (χ0) is 28.0. The van der Waals surface area contributed by atoms with Gasteiger partial charge in [-0.3, -0.25) is 9.69 Å². The summed E-state index contributed by atoms with van der Waals surface area (Å²) in [5.74, 6) is -0.273. The molecule has 1 N–H and O–H groups in total. The van der Waals surface area contributed by atoms with Crippen LogP contribution in [0.4, 0.5) is 5.00 Å². The molecule has 0 bridgehead atoms. The van der Waals surface area contributed by atoms with E-state index in [1.807, 2.05) is 24.3 Å². The SMILES string of the molecule is Cl.O=C(Nc1sc2c(c1-c1nc3ccccc3s1)CCN(Cc1ccccc1)C2)C1CCCN1S(=O)(=O)c1cccs1. The third-order valence-electron chi connectivity index (χ3n) is 7.69. The summed E-state index contributed by atoms with van der Waals surface area (Å²) in [4.78, 5) is 22.4. The molecule has 2 aromatic carbocycles. The average molecular weight is 657 g/mol. The molecule has 2 aliphatic rings. The van der Waals surface area contributed by atoms with Crippen LogP contribution >= 0.6 is 46.4 Å². The number of thiophene rings is 2. The lowest BCUT2D eigenvalue weighted by molar-refractivity contribution is -0.119. The van der Waals surface area contributed by atoms with Gasteiger partial charge in [-0.05, 0) is 54.0 Å². The second-order valence-corrected chi connectivity index (χ2v) is 15.5. The summed E-state index contributed by atoms with van der Waals surface area (Å²) < 4.78 is 29.4. The molecular weight excluding hydrogens is 628 g/mol. The van der Waals surface area contributed by atoms with Crippen molar-refractivity contribution in [3.05, 3.63) is 88.1 Å². The second kappa shape index (κ2) is 12.2. The molecule has 218 valence electrons. The summed E-state index contributed by atoms with van der Waals surface area (Å²) in [5, 5.41) is 6.60. The number of carbonyl (C=O) groups is 1. The normalized spacial score (nSPS) is 17.7. The van der Waals surface area contributed by atoms with Gasteiger partial charge in [-0.25, -0.2) is 13.4 Å². The van der Waals surface area contributed by atoms with Crippen LogP contribution in [0.1, 0.15) is 28.8 Å². The molecule has 1 unspecified atom stereocenters. The molecule has 42 heavy (non-hydrogen) atoms. The number of hydrogen-bond acceptors (Lipinski definition) is 8. The minimum absolute atomic E-state index is 0. The standard InChI is InChI=1S/C30H28N4O3S4.ClH/c35-28(23-11-6-15-34(23)41(36,37)26-13-7-17-38-26)32-30-27(29-31-22-10-4-5-12-24(22)39-29)21-14-16-33(19-25(21)40-30)18-20-8-2-1-3-9-20;/h1-5,7-10,12-13,17,23H,6,11,14-16,18-19H2,(H,32,35);1H. The van der Waals surface area contributed by atoms with Gasteiger partial charge in [0, 0.05) is 36.6 Å². The number of fused-ring (bicyclic) bond motifs is 2. The Morgan fingerprint density at radius 1 is 1.00 bits per heavy atom. The molecular formula is C30H29ClN4O3S4. The van der Waals surface area contributed by atoms with Crippen LogP contribution < -0.4 is 5.32 Å². The first-order valence-electron chi connectivity index (χ1n) is 13.6. The van der Waals surface area contributed by atoms with Crippen molar-refractivity contribution in [2.75, 3.05) is 18.4 Å². The summed E-state index contributed by atoms with van der Waals surface area (Å²) >= 11 is 4.42. The maximum absolute atomic E-state index is 13.8. The molecule has 5 aromatic rings. The average Bonchev–Trinajstić information content (AvgIpc) is 3.78. The number of nitrogens with zero attached hydrogens (tertiary/aromatic N) is 3. The van der Waals surface area contributed by atoms with E-state index in [-0.39, 0.29) is 22.5 Å². The molecule has 0 spiro atoms. The maximum Gasteiger partial charge on any atom is 0.253 e. The molecule has 0 saturated carbocycles. The highest BCUT2D eigenvalue weighted by Gasteiger charge is 2.40. The largest absolute Gasteiger partial charge is 0.316 e. The van der Waals surface area contributed by atoms with Crippen molar-refractivity contribution in [2.45, 2.75) is 42.6 Å². The molecule has 1 saturated heterocycles. The van der Waals surface area contributed by atoms with Crippen molar-refractivity contribution >= 4 is 77.6 Å². The number of amides is 1. The molecule has 1 amide bonds. The van der Waals surface area contributed by atoms with E-state index in [0.29, 0.717) is 19.4 Å². The topological polar surface area (TPSA) is 82.6 Å². The Kier molecular flexibility index (Phi) is 8.52. The molecule has 1 atom stereocenters. The van der Waals surface area contributed by atoms with Crippen LogP contribution in [0.3, 0.4) is 0 Å². The van der Waals surface area contributed by atoms with E-state index in [1.54, 1.807) is 40.2 Å². The molecule has 3 aromatic heterocycles. The first-order chi connectivity index (χ1) is 20.0. The quantitative estimate of drug-likeness (QED) is 0.207. The summed E-state index contributed by atoms with van der Waals surface area (Å²) in [6.07, 6.45) is 2.02. The van der Waals surface area contributed by atoms with Crippen LogP contribution in [-0.4, -0.2) is 47.6 Å². The lowest BCUT2D eigenvalue weighted by Crippen LogP contribution is -2.42. The lowest BCUT2D eigenvalue weighted by Gasteiger charge is -2.27. The van der Waals surface area contributed by atoms with Gasteiger partial charge in [0.1, 0.15) is 20.3 Å². The van der Waals surface area contributed by atoms with Crippen molar-refractivity contribution in [1.82, 2.24) is 14.2 Å². The fourth-order valence-corrected chi connectivity index (χ4v) is 10.9. The third kappa shape index (κ3) is 5.55. The third-order valence-corrected chi connectivity index (χ3v) is 13.2. The highest BCUT2D eigenvalue weighted by atomic mass is 35.5. The van der Waals surface area contributed by atoms with Crippen LogP contribution in [0, 0.1) is 0 Å². The summed E-state index contributed by atoms with van der Waals surface area (Å²) in [6, 6.07) is 21.2. The molecule has 2 aliphatic heterocycles. The number of aromatic nitrogens is 1. The number of thiazole rings is 1. The van der Waals surface area contributed by atoms with Gasteiger partial charge < -0.3 is 5.32 Å². The van der Waals surface area contributed by atoms with E-state index in [0.717, 1.165) is 51.8 Å². The number of nitrogens with one attached hydrogen (secondary N) is 1. The fraction of sp³-hybridized carbons (Fsp3) is 0.267. The first-order valence-corrected chi connectivity index (χ1v) is 17.6. The Morgan fingerprint density at radius 3 is 2.60 bits per heavy atom. The van der Waals surface area contributed by atoms with E-state index in [2.05, 4.69) is 40.5 Å². The summed E-state index contributed by atoms with van der Waals surface area (Å²) in [7, 11) is -3.72. The predicted molar refractivity (Wildman–Crippen MR) is 174 cm³/mol. The monoisotopic (exact) mass is 656 g/mol. The lowest BCUT2D eigenvalue weighted by atomic mass is 10.0. The van der Waals surface area contributed by atoms with E-state index in [1.165, 1.54) is 31.6 Å². The van der Waals surface area contributed by atoms with Crippen LogP contribution in [0.25, 0.3) is 20.8 Å². The molecule has 0 radical (unpaired) electrons. The first kappa shape index (κ1) is 29.4. The van der Waals surface area contributed by atoms with E-state index < -0.39 is 16.1 Å². The fourth-order valence-electron chi connectivity index (χ4n) is 5.74. The molecule has 5 heterocycles. The maximum atomic E-state index is 13.8. The zero-order valence-electron chi connectivity index (χ0n) is 22.6. The van der Waals surface area contributed by atoms with Crippen LogP contribution in [-0.2, 0) is 34.3 Å². The number of hydrogen-bond donors (Lipinski definition) is 1. The molecule has 1 fully saturated rings. The molecule has 7 rings (SSSR count). The van der Waals surface area contributed by atoms with Gasteiger partial charge in [0.25, 0.3) is 10.0 Å². The van der Waals surface area contributed by atoms with Crippen molar-refractivity contribution in [2.24, 2.45) is 0 Å². The number of halogens is 1. The van der Waals surface area contributed by atoms with Gasteiger partial charge in [0.15, 0.2) is 0 Å². The number of benzene rings is 2. The number of carbonyl (C=O) groups excluding carboxylic acids is 1. The highest BCUT2D eigenvalue weighted by molar-refractivity contribution is 7.91. The molecule has 12 heteroatoms. The minimum Gasteiger partial charge on any atom is -0.316 e. The van der Waals surface area contributed by atoms with E-state index >= 15 is 0 Å². The highest BCUT2D eigenvalue weighted by Crippen LogP contribution is 2.46. The second-order valence-electron chi connectivity index (χ2n) is 10.3. The van der Waals surface area contributed by atoms with Gasteiger partial charge in [-0.2, -0.15) is 4.31 Å². The number of anilines is 1. The Balaban J connectivity index is 0.00000316. The summed E-state index contributed by atoms with van der Waals surface area (Å²) in [5.41, 5.74) is 4.45. The van der Waals surface area contributed by atoms with Crippen LogP contribution in [0.2, 0.25) is 0 Å². The van der Waals surface area contributed by atoms with E-state index in [9.17, 15) is 13.2 Å². The van der Waals surface area contributed by atoms with Crippen molar-refractivity contribution < 1.29 is 13.2 Å². The summed E-state index contributed by atoms with van der Waals surface area (Å²) in [6.45, 7) is 2.93. The Hall–Kier alpha value is -2.64. The van der Waals surface area contributed by atoms with Gasteiger partial charge in [-0.15, -0.1) is 46.4 Å². The van der Waals surface area contributed by atoms with Crippen molar-refractivity contribution in [3.63, 3.8) is 0 Å². The van der Waals surface area contributed by atoms with Crippen molar-refractivity contribution in [1.29, 1.82) is 0 Å². The van der Waals surface area contributed by atoms with E-state index in [4.69, 9.17) is 4.98 Å². The molecule has 7 nitrogen and oxygen atoms in total. The van der Waals surface area contributed by atoms with Crippen molar-refractivity contribution in [3.8, 4) is 10.6 Å². The Morgan fingerprint density at radius 2 is 1.81 bits per heavy atom. The van der Waals surface area contributed by atoms with Crippen LogP contribution in [0.5, 0.6) is 0 Å². The predicted octanol–water partition coefficient (Wildman–Crippen LogP) is 6.86. The Bertz CT molecular complexity index is 1790. The number of rotatable bonds is 7. The van der Waals surface area contributed by atoms with Gasteiger partial charge >= 0.3 is 0 Å². The Labute approximate surface area is 263 Å². The van der Waals surface area contributed by atoms with Gasteiger partial charge in [0.2, 0.25) is 5.91 Å². The molecule has 0 aliphatic carbocycles. The minimum atomic E-state index is -3.72.